The first-order chi connectivity index (χ1) is 20.6. The molecule has 3 aromatic heterocycles. The van der Waals surface area contributed by atoms with Crippen LogP contribution in [0.1, 0.15) is 16.7 Å². The van der Waals surface area contributed by atoms with Crippen molar-refractivity contribution in [2.24, 2.45) is 0 Å². The van der Waals surface area contributed by atoms with Gasteiger partial charge in [0.25, 0.3) is 0 Å². The van der Waals surface area contributed by atoms with E-state index in [0.717, 1.165) is 22.8 Å². The first-order valence-corrected chi connectivity index (χ1v) is 13.6. The molecule has 214 valence electrons. The van der Waals surface area contributed by atoms with E-state index in [9.17, 15) is 0 Å². The molecule has 0 aliphatic carbocycles. The van der Waals surface area contributed by atoms with E-state index in [4.69, 9.17) is 0 Å². The van der Waals surface area contributed by atoms with Crippen molar-refractivity contribution in [2.75, 3.05) is 0 Å². The molecule has 4 aromatic carbocycles. The summed E-state index contributed by atoms with van der Waals surface area (Å²) >= 11 is 0. The topological polar surface area (TPSA) is 53.5 Å². The maximum absolute atomic E-state index is 4.50. The van der Waals surface area contributed by atoms with Crippen molar-refractivity contribution in [3.63, 3.8) is 0 Å². The smallest absolute Gasteiger partial charge is 0.340 e. The maximum atomic E-state index is 4.50. The molecule has 3 heterocycles. The van der Waals surface area contributed by atoms with Crippen molar-refractivity contribution >= 4 is 0 Å². The van der Waals surface area contributed by atoms with E-state index in [-0.39, 0.29) is 20.1 Å². The van der Waals surface area contributed by atoms with Gasteiger partial charge in [-0.2, -0.15) is 58.7 Å². The van der Waals surface area contributed by atoms with Gasteiger partial charge >= 0.3 is 20.1 Å². The SMILES string of the molecule is Cc1cc(C)c(-n2ccnc2-c2[c-]cccc2)c(C)c1.[Ir+3].[c-]1ccccc1-n1cccn1.[c-]1ccccc1-n1cccn1. The predicted octanol–water partition coefficient (Wildman–Crippen LogP) is 7.61. The minimum Gasteiger partial charge on any atom is -0.340 e. The molecule has 7 aromatic rings. The van der Waals surface area contributed by atoms with Crippen LogP contribution in [0.3, 0.4) is 0 Å². The number of nitrogens with zero attached hydrogens (tertiary/aromatic N) is 6. The van der Waals surface area contributed by atoms with Crippen LogP contribution in [-0.2, 0) is 20.1 Å². The minimum atomic E-state index is 0. The summed E-state index contributed by atoms with van der Waals surface area (Å²) in [6, 6.07) is 41.0. The second-order valence-corrected chi connectivity index (χ2v) is 9.54. The standard InChI is InChI=1S/C18H17N2.2C9H7N2.Ir/c1-13-11-14(2)17(15(3)12-13)20-10-9-19-18(20)16-7-5-4-6-8-16;2*1-2-5-9(6-3-1)11-8-4-7-10-11;/h4-7,9-12H,1-3H3;2*1-5,7-8H;/q3*-1;+3. The molecular formula is C36H31IrN6. The fraction of sp³-hybridized carbons (Fsp3) is 0.0833. The van der Waals surface area contributed by atoms with Crippen LogP contribution in [0.4, 0.5) is 0 Å². The Balaban J connectivity index is 0.000000157. The molecule has 0 saturated carbocycles. The van der Waals surface area contributed by atoms with Gasteiger partial charge in [-0.15, -0.1) is 48.0 Å². The number of hydrogen-bond donors (Lipinski definition) is 0. The number of rotatable bonds is 4. The Hall–Kier alpha value is -4.84. The van der Waals surface area contributed by atoms with E-state index in [2.05, 4.69) is 70.9 Å². The van der Waals surface area contributed by atoms with E-state index < -0.39 is 0 Å². The first kappa shape index (κ1) is 31.1. The first-order valence-electron chi connectivity index (χ1n) is 13.6. The molecule has 0 N–H and O–H groups in total. The average molecular weight is 740 g/mol. The Morgan fingerprint density at radius 1 is 0.581 bits per heavy atom. The third-order valence-corrected chi connectivity index (χ3v) is 6.35. The van der Waals surface area contributed by atoms with Crippen molar-refractivity contribution in [1.82, 2.24) is 29.1 Å². The summed E-state index contributed by atoms with van der Waals surface area (Å²) in [6.45, 7) is 6.42. The molecule has 0 saturated heterocycles. The Morgan fingerprint density at radius 3 is 1.56 bits per heavy atom. The van der Waals surface area contributed by atoms with Crippen molar-refractivity contribution in [3.8, 4) is 28.5 Å². The minimum absolute atomic E-state index is 0. The molecule has 0 unspecified atom stereocenters. The van der Waals surface area contributed by atoms with E-state index >= 15 is 0 Å². The van der Waals surface area contributed by atoms with E-state index in [1.807, 2.05) is 110 Å². The van der Waals surface area contributed by atoms with Crippen LogP contribution in [-0.4, -0.2) is 29.1 Å². The van der Waals surface area contributed by atoms with Gasteiger partial charge in [0.15, 0.2) is 0 Å². The molecule has 0 amide bonds. The largest absolute Gasteiger partial charge is 3.00 e. The molecule has 43 heavy (non-hydrogen) atoms. The summed E-state index contributed by atoms with van der Waals surface area (Å²) in [4.78, 5) is 4.50. The number of aryl methyl sites for hydroxylation is 3. The van der Waals surface area contributed by atoms with Crippen LogP contribution < -0.4 is 0 Å². The zero-order valence-electron chi connectivity index (χ0n) is 24.2. The summed E-state index contributed by atoms with van der Waals surface area (Å²) in [5.41, 5.74) is 7.97. The molecule has 0 fully saturated rings. The van der Waals surface area contributed by atoms with Gasteiger partial charge in [-0.25, -0.2) is 0 Å². The Bertz CT molecular complexity index is 1680. The van der Waals surface area contributed by atoms with E-state index in [1.54, 1.807) is 21.8 Å². The number of para-hydroxylation sites is 2. The Kier molecular flexibility index (Phi) is 11.1. The van der Waals surface area contributed by atoms with Crippen LogP contribution in [0.15, 0.2) is 134 Å². The van der Waals surface area contributed by atoms with Crippen molar-refractivity contribution in [2.45, 2.75) is 20.8 Å². The number of aromatic nitrogens is 6. The molecule has 0 radical (unpaired) electrons. The summed E-state index contributed by atoms with van der Waals surface area (Å²) < 4.78 is 5.70. The van der Waals surface area contributed by atoms with Crippen LogP contribution in [0.25, 0.3) is 28.5 Å². The van der Waals surface area contributed by atoms with Crippen molar-refractivity contribution in [1.29, 1.82) is 0 Å². The van der Waals surface area contributed by atoms with Crippen LogP contribution >= 0.6 is 0 Å². The quantitative estimate of drug-likeness (QED) is 0.175. The second-order valence-electron chi connectivity index (χ2n) is 9.54. The van der Waals surface area contributed by atoms with Gasteiger partial charge in [0, 0.05) is 42.9 Å². The van der Waals surface area contributed by atoms with Crippen LogP contribution in [0.5, 0.6) is 0 Å². The summed E-state index contributed by atoms with van der Waals surface area (Å²) in [6.07, 6.45) is 11.1. The summed E-state index contributed by atoms with van der Waals surface area (Å²) in [7, 11) is 0. The molecule has 0 aliphatic rings. The van der Waals surface area contributed by atoms with Gasteiger partial charge in [-0.1, -0.05) is 17.7 Å². The number of hydrogen-bond acceptors (Lipinski definition) is 3. The molecule has 0 aliphatic heterocycles. The molecule has 7 rings (SSSR count). The number of imidazole rings is 1. The van der Waals surface area contributed by atoms with Gasteiger partial charge in [0.05, 0.1) is 5.82 Å². The van der Waals surface area contributed by atoms with E-state index in [0.29, 0.717) is 0 Å². The molecule has 0 bridgehead atoms. The molecule has 6 nitrogen and oxygen atoms in total. The zero-order chi connectivity index (χ0) is 29.1. The van der Waals surface area contributed by atoms with Gasteiger partial charge in [-0.05, 0) is 55.4 Å². The summed E-state index contributed by atoms with van der Waals surface area (Å²) in [5.74, 6) is 0.931. The van der Waals surface area contributed by atoms with Crippen LogP contribution in [0.2, 0.25) is 0 Å². The molecule has 7 heteroatoms. The molecule has 0 atom stereocenters. The third-order valence-electron chi connectivity index (χ3n) is 6.35. The predicted molar refractivity (Wildman–Crippen MR) is 167 cm³/mol. The maximum Gasteiger partial charge on any atom is 3.00 e. The second kappa shape index (κ2) is 15.4. The normalized spacial score (nSPS) is 10.0. The Morgan fingerprint density at radius 2 is 1.12 bits per heavy atom. The van der Waals surface area contributed by atoms with Crippen molar-refractivity contribution < 1.29 is 20.1 Å². The summed E-state index contributed by atoms with van der Waals surface area (Å²) in [5, 5.41) is 8.14. The van der Waals surface area contributed by atoms with Gasteiger partial charge in [0.2, 0.25) is 0 Å². The van der Waals surface area contributed by atoms with Gasteiger partial charge in [0.1, 0.15) is 0 Å². The fourth-order valence-electron chi connectivity index (χ4n) is 4.64. The average Bonchev–Trinajstić information content (AvgIpc) is 3.83. The van der Waals surface area contributed by atoms with Gasteiger partial charge in [-0.3, -0.25) is 14.3 Å². The zero-order valence-corrected chi connectivity index (χ0v) is 26.6. The van der Waals surface area contributed by atoms with Crippen molar-refractivity contribution in [3.05, 3.63) is 169 Å². The molecule has 0 spiro atoms. The van der Waals surface area contributed by atoms with E-state index in [1.165, 1.54) is 22.4 Å². The third kappa shape index (κ3) is 8.13. The Labute approximate surface area is 266 Å². The number of benzene rings is 4. The monoisotopic (exact) mass is 740 g/mol. The fourth-order valence-corrected chi connectivity index (χ4v) is 4.64. The molecular weight excluding hydrogens is 709 g/mol. The van der Waals surface area contributed by atoms with Gasteiger partial charge < -0.3 is 4.57 Å². The van der Waals surface area contributed by atoms with Crippen LogP contribution in [0, 0.1) is 39.0 Å².